The van der Waals surface area contributed by atoms with Gasteiger partial charge >= 0.3 is 0 Å². The van der Waals surface area contributed by atoms with Gasteiger partial charge in [0.15, 0.2) is 0 Å². The summed E-state index contributed by atoms with van der Waals surface area (Å²) in [6, 6.07) is 7.28. The minimum absolute atomic E-state index is 0.508. The van der Waals surface area contributed by atoms with Crippen LogP contribution in [0.5, 0.6) is 0 Å². The first-order valence-corrected chi connectivity index (χ1v) is 6.65. The molecule has 0 saturated heterocycles. The molecule has 1 aromatic carbocycles. The van der Waals surface area contributed by atoms with Gasteiger partial charge in [-0.3, -0.25) is 4.99 Å². The minimum Gasteiger partial charge on any atom is -0.371 e. The van der Waals surface area contributed by atoms with E-state index in [0.717, 1.165) is 19.5 Å². The first kappa shape index (κ1) is 10.2. The number of fused-ring (bicyclic) bond motifs is 3. The number of hydrogen-bond donors (Lipinski definition) is 0. The molecule has 0 fully saturated rings. The van der Waals surface area contributed by atoms with Gasteiger partial charge in [-0.25, -0.2) is 0 Å². The maximum absolute atomic E-state index is 4.31. The summed E-state index contributed by atoms with van der Waals surface area (Å²) in [5, 5.41) is 0. The molecule has 3 heterocycles. The molecule has 0 amide bonds. The molecule has 0 N–H and O–H groups in total. The number of likely N-dealkylation sites (N-methyl/N-ethyl adjacent to an activating group) is 1. The maximum Gasteiger partial charge on any atom is 0.0646 e. The maximum atomic E-state index is 4.31. The molecule has 0 radical (unpaired) electrons. The predicted molar refractivity (Wildman–Crippen MR) is 75.8 cm³/mol. The Hall–Kier alpha value is -1.77. The molecule has 0 spiro atoms. The Morgan fingerprint density at radius 2 is 2.22 bits per heavy atom. The van der Waals surface area contributed by atoms with Crippen LogP contribution in [0.15, 0.2) is 35.5 Å². The first-order chi connectivity index (χ1) is 8.86. The third-order valence-electron chi connectivity index (χ3n) is 4.43. The van der Waals surface area contributed by atoms with E-state index in [2.05, 4.69) is 52.3 Å². The molecule has 92 valence electrons. The molecule has 3 heteroatoms. The minimum atomic E-state index is 0.508. The molecule has 3 aliphatic rings. The molecule has 2 atom stereocenters. The highest BCUT2D eigenvalue weighted by atomic mass is 15.3. The second-order valence-electron chi connectivity index (χ2n) is 5.33. The van der Waals surface area contributed by atoms with Gasteiger partial charge in [-0.1, -0.05) is 18.2 Å². The predicted octanol–water partition coefficient (Wildman–Crippen LogP) is 2.40. The van der Waals surface area contributed by atoms with Crippen LogP contribution in [0.4, 0.5) is 11.4 Å². The van der Waals surface area contributed by atoms with Gasteiger partial charge < -0.3 is 9.80 Å². The van der Waals surface area contributed by atoms with Crippen LogP contribution in [-0.2, 0) is 0 Å². The molecule has 4 rings (SSSR count). The SMILES string of the molecule is CN1CCN2c3c(cccc31)[C@@H]1C=CN=CC[C@@H]12. The summed E-state index contributed by atoms with van der Waals surface area (Å²) in [7, 11) is 2.19. The highest BCUT2D eigenvalue weighted by Gasteiger charge is 2.40. The van der Waals surface area contributed by atoms with E-state index in [0.29, 0.717) is 12.0 Å². The summed E-state index contributed by atoms with van der Waals surface area (Å²) >= 11 is 0. The van der Waals surface area contributed by atoms with E-state index in [-0.39, 0.29) is 0 Å². The second-order valence-corrected chi connectivity index (χ2v) is 5.33. The molecule has 1 aromatic rings. The van der Waals surface area contributed by atoms with Gasteiger partial charge in [-0.05, 0) is 11.6 Å². The van der Waals surface area contributed by atoms with Crippen molar-refractivity contribution in [2.75, 3.05) is 29.9 Å². The first-order valence-electron chi connectivity index (χ1n) is 6.65. The highest BCUT2D eigenvalue weighted by Crippen LogP contribution is 2.49. The van der Waals surface area contributed by atoms with Gasteiger partial charge in [0.1, 0.15) is 0 Å². The van der Waals surface area contributed by atoms with E-state index in [1.807, 2.05) is 6.20 Å². The van der Waals surface area contributed by atoms with Crippen LogP contribution in [0.2, 0.25) is 0 Å². The number of nitrogens with zero attached hydrogens (tertiary/aromatic N) is 3. The Morgan fingerprint density at radius 1 is 1.28 bits per heavy atom. The Kier molecular flexibility index (Phi) is 2.04. The van der Waals surface area contributed by atoms with Crippen LogP contribution < -0.4 is 9.80 Å². The summed E-state index contributed by atoms with van der Waals surface area (Å²) in [5.74, 6) is 0.508. The van der Waals surface area contributed by atoms with E-state index in [9.17, 15) is 0 Å². The smallest absolute Gasteiger partial charge is 0.0646 e. The number of anilines is 2. The molecule has 0 saturated carbocycles. The van der Waals surface area contributed by atoms with Crippen LogP contribution in [0.1, 0.15) is 17.9 Å². The molecule has 0 aliphatic carbocycles. The van der Waals surface area contributed by atoms with Crippen molar-refractivity contribution < 1.29 is 0 Å². The largest absolute Gasteiger partial charge is 0.371 e. The number of hydrogen-bond acceptors (Lipinski definition) is 3. The monoisotopic (exact) mass is 239 g/mol. The van der Waals surface area contributed by atoms with E-state index < -0.39 is 0 Å². The zero-order valence-electron chi connectivity index (χ0n) is 10.6. The summed E-state index contributed by atoms with van der Waals surface area (Å²) < 4.78 is 0. The fraction of sp³-hybridized carbons (Fsp3) is 0.400. The fourth-order valence-corrected chi connectivity index (χ4v) is 3.54. The average Bonchev–Trinajstić information content (AvgIpc) is 2.57. The van der Waals surface area contributed by atoms with Gasteiger partial charge in [0.2, 0.25) is 0 Å². The van der Waals surface area contributed by atoms with Crippen LogP contribution >= 0.6 is 0 Å². The van der Waals surface area contributed by atoms with Crippen LogP contribution in [0.25, 0.3) is 0 Å². The molecule has 18 heavy (non-hydrogen) atoms. The standard InChI is InChI=1S/C15H17N3/c1-17-9-10-18-13-6-8-16-7-5-11(13)12-3-2-4-14(17)15(12)18/h2-5,7-8,11,13H,6,9-10H2,1H3/t11-,13-/m0/s1. The third-order valence-corrected chi connectivity index (χ3v) is 4.43. The summed E-state index contributed by atoms with van der Waals surface area (Å²) in [5.41, 5.74) is 4.32. The molecule has 3 aliphatic heterocycles. The Bertz CT molecular complexity index is 547. The summed E-state index contributed by atoms with van der Waals surface area (Å²) in [4.78, 5) is 9.28. The average molecular weight is 239 g/mol. The van der Waals surface area contributed by atoms with E-state index in [1.165, 1.54) is 16.9 Å². The lowest BCUT2D eigenvalue weighted by molar-refractivity contribution is 0.595. The lowest BCUT2D eigenvalue weighted by Gasteiger charge is -2.37. The van der Waals surface area contributed by atoms with E-state index in [1.54, 1.807) is 0 Å². The number of rotatable bonds is 0. The molecule has 0 unspecified atom stereocenters. The van der Waals surface area contributed by atoms with E-state index >= 15 is 0 Å². The zero-order chi connectivity index (χ0) is 12.1. The van der Waals surface area contributed by atoms with Crippen molar-refractivity contribution in [2.24, 2.45) is 4.99 Å². The van der Waals surface area contributed by atoms with Crippen molar-refractivity contribution in [3.05, 3.63) is 36.0 Å². The zero-order valence-corrected chi connectivity index (χ0v) is 10.6. The van der Waals surface area contributed by atoms with Crippen molar-refractivity contribution in [3.8, 4) is 0 Å². The van der Waals surface area contributed by atoms with Crippen molar-refractivity contribution in [2.45, 2.75) is 18.4 Å². The molecular formula is C15H17N3. The van der Waals surface area contributed by atoms with Crippen LogP contribution in [0.3, 0.4) is 0 Å². The molecular weight excluding hydrogens is 222 g/mol. The Balaban J connectivity index is 1.92. The van der Waals surface area contributed by atoms with Crippen molar-refractivity contribution >= 4 is 17.6 Å². The number of benzene rings is 1. The number of aliphatic imine (C=N–C) groups is 1. The summed E-state index contributed by atoms with van der Waals surface area (Å²) in [6.45, 7) is 2.24. The lowest BCUT2D eigenvalue weighted by Crippen LogP contribution is -2.43. The molecule has 3 nitrogen and oxygen atoms in total. The van der Waals surface area contributed by atoms with Gasteiger partial charge in [-0.15, -0.1) is 0 Å². The van der Waals surface area contributed by atoms with Gasteiger partial charge in [0, 0.05) is 50.9 Å². The van der Waals surface area contributed by atoms with Gasteiger partial charge in [-0.2, -0.15) is 0 Å². The van der Waals surface area contributed by atoms with Crippen LogP contribution in [0, 0.1) is 0 Å². The topological polar surface area (TPSA) is 18.8 Å². The van der Waals surface area contributed by atoms with Crippen molar-refractivity contribution in [3.63, 3.8) is 0 Å². The third kappa shape index (κ3) is 1.22. The Labute approximate surface area is 107 Å². The fourth-order valence-electron chi connectivity index (χ4n) is 3.54. The van der Waals surface area contributed by atoms with Crippen LogP contribution in [-0.4, -0.2) is 32.4 Å². The lowest BCUT2D eigenvalue weighted by atomic mass is 9.93. The van der Waals surface area contributed by atoms with Crippen molar-refractivity contribution in [1.29, 1.82) is 0 Å². The second kappa shape index (κ2) is 3.61. The summed E-state index contributed by atoms with van der Waals surface area (Å²) in [6.07, 6.45) is 7.34. The molecule has 0 aromatic heterocycles. The quantitative estimate of drug-likeness (QED) is 0.692. The van der Waals surface area contributed by atoms with Gasteiger partial charge in [0.05, 0.1) is 11.4 Å². The molecule has 0 bridgehead atoms. The number of para-hydroxylation sites is 1. The normalized spacial score (nSPS) is 28.1. The van der Waals surface area contributed by atoms with Gasteiger partial charge in [0.25, 0.3) is 0 Å². The Morgan fingerprint density at radius 3 is 3.17 bits per heavy atom. The van der Waals surface area contributed by atoms with E-state index in [4.69, 9.17) is 0 Å². The van der Waals surface area contributed by atoms with Crippen molar-refractivity contribution in [1.82, 2.24) is 0 Å². The highest BCUT2D eigenvalue weighted by molar-refractivity contribution is 5.82.